The van der Waals surface area contributed by atoms with Crippen LogP contribution in [0.4, 0.5) is 5.82 Å². The average molecular weight is 427 g/mol. The van der Waals surface area contributed by atoms with Crippen LogP contribution in [-0.2, 0) is 13.0 Å². The van der Waals surface area contributed by atoms with E-state index in [1.54, 1.807) is 0 Å². The molecule has 0 amide bonds. The summed E-state index contributed by atoms with van der Waals surface area (Å²) in [4.78, 5) is 9.68. The highest BCUT2D eigenvalue weighted by atomic mass is 35.5. The lowest BCUT2D eigenvalue weighted by Crippen LogP contribution is -2.35. The molecule has 30 heavy (non-hydrogen) atoms. The number of nitrogens with zero attached hydrogens (tertiary/aromatic N) is 3. The fourth-order valence-corrected chi connectivity index (χ4v) is 4.57. The number of hydrogen-bond donors (Lipinski definition) is 1. The van der Waals surface area contributed by atoms with Crippen LogP contribution in [0.3, 0.4) is 0 Å². The van der Waals surface area contributed by atoms with Gasteiger partial charge in [0.1, 0.15) is 16.5 Å². The minimum absolute atomic E-state index is 0.129. The van der Waals surface area contributed by atoms with E-state index in [-0.39, 0.29) is 11.0 Å². The Labute approximate surface area is 186 Å². The average Bonchev–Trinajstić information content (AvgIpc) is 2.96. The Kier molecular flexibility index (Phi) is 6.76. The minimum atomic E-state index is -0.129. The lowest BCUT2D eigenvalue weighted by atomic mass is 9.82. The molecule has 0 aliphatic carbocycles. The van der Waals surface area contributed by atoms with Gasteiger partial charge >= 0.3 is 0 Å². The number of aromatic nitrogens is 3. The summed E-state index contributed by atoms with van der Waals surface area (Å²) in [6, 6.07) is 12.5. The van der Waals surface area contributed by atoms with Gasteiger partial charge in [0.2, 0.25) is 0 Å². The Hall–Kier alpha value is -2.07. The second-order valence-electron chi connectivity index (χ2n) is 10.1. The van der Waals surface area contributed by atoms with Crippen LogP contribution in [0, 0.1) is 5.41 Å². The maximum Gasteiger partial charge on any atom is 0.156 e. The van der Waals surface area contributed by atoms with Gasteiger partial charge in [0.25, 0.3) is 0 Å². The molecule has 3 rings (SSSR count). The second kappa shape index (κ2) is 8.97. The van der Waals surface area contributed by atoms with Gasteiger partial charge in [-0.25, -0.2) is 9.97 Å². The molecule has 0 aliphatic heterocycles. The van der Waals surface area contributed by atoms with Crippen LogP contribution in [0.1, 0.15) is 72.2 Å². The van der Waals surface area contributed by atoms with Crippen molar-refractivity contribution in [3.8, 4) is 0 Å². The van der Waals surface area contributed by atoms with Crippen molar-refractivity contribution in [2.24, 2.45) is 5.41 Å². The number of unbranched alkanes of at least 4 members (excludes halogenated alkanes) is 1. The molecule has 5 heteroatoms. The summed E-state index contributed by atoms with van der Waals surface area (Å²) in [5.41, 5.74) is 3.27. The summed E-state index contributed by atoms with van der Waals surface area (Å²) in [6.07, 6.45) is 4.19. The van der Waals surface area contributed by atoms with Gasteiger partial charge in [-0.1, -0.05) is 76.0 Å². The molecule has 0 saturated heterocycles. The predicted octanol–water partition coefficient (Wildman–Crippen LogP) is 7.10. The summed E-state index contributed by atoms with van der Waals surface area (Å²) < 4.78 is 2.30. The van der Waals surface area contributed by atoms with Gasteiger partial charge in [-0.15, -0.1) is 0 Å². The van der Waals surface area contributed by atoms with Crippen molar-refractivity contribution in [2.45, 2.75) is 79.3 Å². The number of anilines is 1. The van der Waals surface area contributed by atoms with E-state index in [9.17, 15) is 0 Å². The van der Waals surface area contributed by atoms with Crippen molar-refractivity contribution in [2.75, 3.05) is 5.32 Å². The number of halogens is 1. The molecule has 0 fully saturated rings. The second-order valence-corrected chi connectivity index (χ2v) is 10.5. The van der Waals surface area contributed by atoms with E-state index in [1.807, 2.05) is 12.1 Å². The van der Waals surface area contributed by atoms with Crippen LogP contribution < -0.4 is 5.32 Å². The molecule has 2 aromatic heterocycles. The number of benzene rings is 1. The minimum Gasteiger partial charge on any atom is -0.363 e. The van der Waals surface area contributed by atoms with Crippen molar-refractivity contribution >= 4 is 28.5 Å². The van der Waals surface area contributed by atoms with Gasteiger partial charge in [0.05, 0.1) is 5.52 Å². The zero-order valence-corrected chi connectivity index (χ0v) is 20.0. The smallest absolute Gasteiger partial charge is 0.156 e. The van der Waals surface area contributed by atoms with Gasteiger partial charge in [0.15, 0.2) is 5.82 Å². The zero-order chi connectivity index (χ0) is 21.9. The fraction of sp³-hybridized carbons (Fsp3) is 0.520. The molecule has 0 unspecified atom stereocenters. The Morgan fingerprint density at radius 2 is 1.73 bits per heavy atom. The number of nitrogens with one attached hydrogen (secondary N) is 1. The molecule has 4 nitrogen and oxygen atoms in total. The van der Waals surface area contributed by atoms with E-state index in [0.29, 0.717) is 5.15 Å². The monoisotopic (exact) mass is 426 g/mol. The summed E-state index contributed by atoms with van der Waals surface area (Å²) >= 11 is 6.48. The quantitative estimate of drug-likeness (QED) is 0.390. The van der Waals surface area contributed by atoms with E-state index in [0.717, 1.165) is 54.9 Å². The third kappa shape index (κ3) is 5.75. The van der Waals surface area contributed by atoms with Gasteiger partial charge in [-0.3, -0.25) is 0 Å². The molecule has 3 aromatic rings. The fourth-order valence-electron chi connectivity index (χ4n) is 4.38. The van der Waals surface area contributed by atoms with Crippen molar-refractivity contribution in [3.05, 3.63) is 52.9 Å². The molecule has 0 aliphatic rings. The Bertz CT molecular complexity index is 984. The first-order valence-corrected chi connectivity index (χ1v) is 11.3. The number of hydrogen-bond acceptors (Lipinski definition) is 3. The van der Waals surface area contributed by atoms with E-state index < -0.39 is 0 Å². The summed E-state index contributed by atoms with van der Waals surface area (Å²) in [6.45, 7) is 14.2. The molecule has 0 spiro atoms. The molecule has 2 heterocycles. The topological polar surface area (TPSA) is 42.7 Å². The third-order valence-electron chi connectivity index (χ3n) is 5.15. The van der Waals surface area contributed by atoms with E-state index in [2.05, 4.69) is 80.7 Å². The molecule has 1 aromatic carbocycles. The van der Waals surface area contributed by atoms with Gasteiger partial charge in [-0.2, -0.15) is 0 Å². The van der Waals surface area contributed by atoms with Crippen molar-refractivity contribution in [1.82, 2.24) is 14.5 Å². The van der Waals surface area contributed by atoms with Gasteiger partial charge < -0.3 is 9.88 Å². The van der Waals surface area contributed by atoms with Crippen LogP contribution >= 0.6 is 11.6 Å². The van der Waals surface area contributed by atoms with E-state index >= 15 is 0 Å². The van der Waals surface area contributed by atoms with Crippen LogP contribution in [0.25, 0.3) is 11.0 Å². The first-order valence-electron chi connectivity index (χ1n) is 11.0. The lowest BCUT2D eigenvalue weighted by molar-refractivity contribution is 0.302. The van der Waals surface area contributed by atoms with Crippen LogP contribution in [0.15, 0.2) is 36.4 Å². The molecule has 162 valence electrons. The predicted molar refractivity (Wildman–Crippen MR) is 128 cm³/mol. The molecule has 0 bridgehead atoms. The summed E-state index contributed by atoms with van der Waals surface area (Å²) in [5.74, 6) is 1.87. The van der Waals surface area contributed by atoms with Crippen LogP contribution in [-0.4, -0.2) is 20.1 Å². The summed E-state index contributed by atoms with van der Waals surface area (Å²) in [7, 11) is 0. The molecular weight excluding hydrogens is 392 g/mol. The molecule has 1 N–H and O–H groups in total. The van der Waals surface area contributed by atoms with Crippen molar-refractivity contribution in [3.63, 3.8) is 0 Å². The molecule has 0 saturated carbocycles. The summed E-state index contributed by atoms with van der Waals surface area (Å²) in [5, 5.41) is 4.14. The van der Waals surface area contributed by atoms with Gasteiger partial charge in [0, 0.05) is 24.6 Å². The number of imidazole rings is 1. The highest BCUT2D eigenvalue weighted by Crippen LogP contribution is 2.33. The Morgan fingerprint density at radius 1 is 1.03 bits per heavy atom. The lowest BCUT2D eigenvalue weighted by Gasteiger charge is -2.33. The Balaban J connectivity index is 2.07. The molecular formula is C25H35ClN4. The van der Waals surface area contributed by atoms with Crippen molar-refractivity contribution < 1.29 is 0 Å². The maximum absolute atomic E-state index is 6.48. The highest BCUT2D eigenvalue weighted by molar-refractivity contribution is 6.30. The Morgan fingerprint density at radius 3 is 2.37 bits per heavy atom. The third-order valence-corrected chi connectivity index (χ3v) is 5.34. The van der Waals surface area contributed by atoms with Crippen LogP contribution in [0.2, 0.25) is 5.15 Å². The molecule has 0 atom stereocenters. The normalized spacial score (nSPS) is 12.5. The number of fused-ring (bicyclic) bond motifs is 1. The number of aryl methyl sites for hydroxylation is 1. The highest BCUT2D eigenvalue weighted by Gasteiger charge is 2.27. The number of rotatable bonds is 8. The largest absolute Gasteiger partial charge is 0.363 e. The van der Waals surface area contributed by atoms with E-state index in [4.69, 9.17) is 16.6 Å². The van der Waals surface area contributed by atoms with Gasteiger partial charge in [-0.05, 0) is 37.7 Å². The first-order chi connectivity index (χ1) is 14.1. The van der Waals surface area contributed by atoms with E-state index in [1.165, 1.54) is 5.56 Å². The SMILES string of the molecule is CCCCc1nc2c(NC(C)(C)CC(C)(C)C)nc(Cl)cc2n1Cc1ccccc1. The standard InChI is InChI=1S/C25H35ClN4/c1-7-8-14-21-28-22-19(30(21)16-18-12-10-9-11-13-18)15-20(26)27-23(22)29-25(5,6)17-24(2,3)4/h9-13,15H,7-8,14,16-17H2,1-6H3,(H,27,29). The maximum atomic E-state index is 6.48. The van der Waals surface area contributed by atoms with Crippen molar-refractivity contribution in [1.29, 1.82) is 0 Å². The molecule has 0 radical (unpaired) electrons. The number of pyridine rings is 1. The van der Waals surface area contributed by atoms with Crippen LogP contribution in [0.5, 0.6) is 0 Å². The zero-order valence-electron chi connectivity index (χ0n) is 19.2. The first kappa shape index (κ1) is 22.6.